The second-order valence-electron chi connectivity index (χ2n) is 5.06. The molecule has 8 nitrogen and oxygen atoms in total. The molecule has 25 heavy (non-hydrogen) atoms. The van der Waals surface area contributed by atoms with E-state index in [1.807, 2.05) is 12.1 Å². The Morgan fingerprint density at radius 1 is 1.04 bits per heavy atom. The van der Waals surface area contributed by atoms with Gasteiger partial charge in [0.05, 0.1) is 5.69 Å². The van der Waals surface area contributed by atoms with E-state index >= 15 is 0 Å². The summed E-state index contributed by atoms with van der Waals surface area (Å²) >= 11 is 0. The third kappa shape index (κ3) is 3.34. The molecule has 0 saturated carbocycles. The molecule has 0 atom stereocenters. The fourth-order valence-electron chi connectivity index (χ4n) is 2.15. The molecule has 4 aromatic rings. The van der Waals surface area contributed by atoms with Crippen molar-refractivity contribution in [3.05, 3.63) is 66.6 Å². The molecule has 2 aromatic carbocycles. The predicted octanol–water partition coefficient (Wildman–Crippen LogP) is 2.43. The average molecular weight is 338 g/mol. The lowest BCUT2D eigenvalue weighted by molar-refractivity contribution is 0.243. The third-order valence-electron chi connectivity index (χ3n) is 3.38. The number of hydrogen-bond donors (Lipinski definition) is 0. The van der Waals surface area contributed by atoms with Crippen molar-refractivity contribution in [1.29, 1.82) is 0 Å². The average Bonchev–Trinajstić information content (AvgIpc) is 3.33. The minimum absolute atomic E-state index is 0.123. The maximum absolute atomic E-state index is 12.9. The van der Waals surface area contributed by atoms with E-state index in [9.17, 15) is 4.39 Å². The van der Waals surface area contributed by atoms with Crippen molar-refractivity contribution >= 4 is 0 Å². The van der Waals surface area contributed by atoms with Gasteiger partial charge in [0.25, 0.3) is 5.89 Å². The number of ether oxygens (including phenoxy) is 1. The number of hydrogen-bond acceptors (Lipinski definition) is 7. The number of tetrazole rings is 1. The van der Waals surface area contributed by atoms with Crippen molar-refractivity contribution in [3.8, 4) is 22.8 Å². The molecule has 4 rings (SSSR count). The molecule has 2 heterocycles. The largest absolute Gasteiger partial charge is 0.484 e. The zero-order chi connectivity index (χ0) is 17.1. The van der Waals surface area contributed by atoms with Crippen LogP contribution in [0.1, 0.15) is 5.89 Å². The lowest BCUT2D eigenvalue weighted by Gasteiger charge is -2.04. The predicted molar refractivity (Wildman–Crippen MR) is 83.2 cm³/mol. The van der Waals surface area contributed by atoms with Crippen molar-refractivity contribution < 1.29 is 13.7 Å². The van der Waals surface area contributed by atoms with Gasteiger partial charge in [-0.05, 0) is 59.0 Å². The molecule has 0 radical (unpaired) electrons. The molecule has 0 aliphatic carbocycles. The summed E-state index contributed by atoms with van der Waals surface area (Å²) in [6.45, 7) is 0.123. The lowest BCUT2D eigenvalue weighted by atomic mass is 10.2. The summed E-state index contributed by atoms with van der Waals surface area (Å²) < 4.78 is 25.2. The van der Waals surface area contributed by atoms with E-state index in [0.29, 0.717) is 23.0 Å². The summed E-state index contributed by atoms with van der Waals surface area (Å²) in [5.41, 5.74) is 1.48. The summed E-state index contributed by atoms with van der Waals surface area (Å²) in [5.74, 6) is 1.02. The van der Waals surface area contributed by atoms with E-state index in [2.05, 4.69) is 25.7 Å². The Hall–Kier alpha value is -3.62. The molecule has 2 aromatic heterocycles. The van der Waals surface area contributed by atoms with Crippen LogP contribution in [-0.4, -0.2) is 30.3 Å². The van der Waals surface area contributed by atoms with Crippen LogP contribution in [0, 0.1) is 5.82 Å². The molecule has 124 valence electrons. The molecule has 0 spiro atoms. The van der Waals surface area contributed by atoms with Crippen LogP contribution in [0.25, 0.3) is 17.1 Å². The summed E-state index contributed by atoms with van der Waals surface area (Å²) in [6.07, 6.45) is 1.51. The Bertz CT molecular complexity index is 951. The number of aromatic nitrogens is 6. The Kier molecular flexibility index (Phi) is 3.87. The van der Waals surface area contributed by atoms with E-state index in [1.165, 1.54) is 23.1 Å². The van der Waals surface area contributed by atoms with Crippen LogP contribution in [0.3, 0.4) is 0 Å². The molecule has 9 heteroatoms. The SMILES string of the molecule is Fc1ccc(-c2noc(COc3ccc(-n4cnnn4)cc3)n2)cc1. The van der Waals surface area contributed by atoms with Gasteiger partial charge >= 0.3 is 0 Å². The smallest absolute Gasteiger partial charge is 0.264 e. The van der Waals surface area contributed by atoms with Crippen LogP contribution < -0.4 is 4.74 Å². The van der Waals surface area contributed by atoms with Crippen LogP contribution in [-0.2, 0) is 6.61 Å². The second kappa shape index (κ2) is 6.48. The Labute approximate surface area is 140 Å². The highest BCUT2D eigenvalue weighted by molar-refractivity contribution is 5.53. The van der Waals surface area contributed by atoms with Crippen LogP contribution in [0.5, 0.6) is 5.75 Å². The molecule has 0 aliphatic heterocycles. The fourth-order valence-corrected chi connectivity index (χ4v) is 2.15. The highest BCUT2D eigenvalue weighted by Crippen LogP contribution is 2.18. The van der Waals surface area contributed by atoms with Crippen molar-refractivity contribution in [3.63, 3.8) is 0 Å². The maximum Gasteiger partial charge on any atom is 0.264 e. The molecule has 0 amide bonds. The van der Waals surface area contributed by atoms with Crippen molar-refractivity contribution in [1.82, 2.24) is 30.3 Å². The summed E-state index contributed by atoms with van der Waals surface area (Å²) in [7, 11) is 0. The van der Waals surface area contributed by atoms with Gasteiger partial charge in [0, 0.05) is 5.56 Å². The first-order chi connectivity index (χ1) is 12.3. The van der Waals surface area contributed by atoms with Crippen molar-refractivity contribution in [2.24, 2.45) is 0 Å². The quantitative estimate of drug-likeness (QED) is 0.552. The first kappa shape index (κ1) is 14.9. The van der Waals surface area contributed by atoms with Crippen LogP contribution >= 0.6 is 0 Å². The topological polar surface area (TPSA) is 91.8 Å². The Morgan fingerprint density at radius 3 is 2.56 bits per heavy atom. The Morgan fingerprint density at radius 2 is 1.84 bits per heavy atom. The third-order valence-corrected chi connectivity index (χ3v) is 3.38. The van der Waals surface area contributed by atoms with E-state index in [-0.39, 0.29) is 12.4 Å². The van der Waals surface area contributed by atoms with Gasteiger partial charge in [-0.25, -0.2) is 9.07 Å². The lowest BCUT2D eigenvalue weighted by Crippen LogP contribution is -1.97. The van der Waals surface area contributed by atoms with Crippen molar-refractivity contribution in [2.75, 3.05) is 0 Å². The molecule has 0 aliphatic rings. The van der Waals surface area contributed by atoms with E-state index in [0.717, 1.165) is 5.69 Å². The van der Waals surface area contributed by atoms with Gasteiger partial charge in [0.1, 0.15) is 17.9 Å². The molecule has 0 fully saturated rings. The van der Waals surface area contributed by atoms with Gasteiger partial charge in [-0.2, -0.15) is 4.98 Å². The highest BCUT2D eigenvalue weighted by Gasteiger charge is 2.09. The van der Waals surface area contributed by atoms with Crippen LogP contribution in [0.4, 0.5) is 4.39 Å². The first-order valence-electron chi connectivity index (χ1n) is 7.33. The van der Waals surface area contributed by atoms with Gasteiger partial charge in [-0.15, -0.1) is 5.10 Å². The van der Waals surface area contributed by atoms with Gasteiger partial charge in [-0.1, -0.05) is 5.16 Å². The minimum Gasteiger partial charge on any atom is -0.484 e. The number of rotatable bonds is 5. The number of halogens is 1. The minimum atomic E-state index is -0.319. The summed E-state index contributed by atoms with van der Waals surface area (Å²) in [5, 5.41) is 14.8. The summed E-state index contributed by atoms with van der Waals surface area (Å²) in [6, 6.07) is 13.1. The number of benzene rings is 2. The second-order valence-corrected chi connectivity index (χ2v) is 5.06. The van der Waals surface area contributed by atoms with Gasteiger partial charge in [0.2, 0.25) is 5.82 Å². The van der Waals surface area contributed by atoms with Gasteiger partial charge in [-0.3, -0.25) is 0 Å². The van der Waals surface area contributed by atoms with E-state index in [4.69, 9.17) is 9.26 Å². The normalized spacial score (nSPS) is 10.8. The molecular weight excluding hydrogens is 327 g/mol. The standard InChI is InChI=1S/C16H11FN6O2/c17-12-3-1-11(2-4-12)16-19-15(25-20-16)9-24-14-7-5-13(6-8-14)23-10-18-21-22-23/h1-8,10H,9H2. The molecule has 0 saturated heterocycles. The van der Waals surface area contributed by atoms with E-state index in [1.54, 1.807) is 24.3 Å². The van der Waals surface area contributed by atoms with Crippen molar-refractivity contribution in [2.45, 2.75) is 6.61 Å². The maximum atomic E-state index is 12.9. The van der Waals surface area contributed by atoms with Gasteiger partial charge < -0.3 is 9.26 Å². The molecular formula is C16H11FN6O2. The molecule has 0 unspecified atom stereocenters. The fraction of sp³-hybridized carbons (Fsp3) is 0.0625. The molecule has 0 N–H and O–H groups in total. The highest BCUT2D eigenvalue weighted by atomic mass is 19.1. The van der Waals surface area contributed by atoms with Gasteiger partial charge in [0.15, 0.2) is 6.61 Å². The monoisotopic (exact) mass is 338 g/mol. The van der Waals surface area contributed by atoms with Crippen LogP contribution in [0.15, 0.2) is 59.4 Å². The molecule has 0 bridgehead atoms. The summed E-state index contributed by atoms with van der Waals surface area (Å²) in [4.78, 5) is 4.23. The zero-order valence-electron chi connectivity index (χ0n) is 12.8. The zero-order valence-corrected chi connectivity index (χ0v) is 12.8. The Balaban J connectivity index is 1.41. The first-order valence-corrected chi connectivity index (χ1v) is 7.33. The van der Waals surface area contributed by atoms with Crippen LogP contribution in [0.2, 0.25) is 0 Å². The van der Waals surface area contributed by atoms with E-state index < -0.39 is 0 Å². The number of nitrogens with zero attached hydrogens (tertiary/aromatic N) is 6.